The number of hydrogen-bond donors (Lipinski definition) is 2. The lowest BCUT2D eigenvalue weighted by molar-refractivity contribution is -0.159. The molecular weight excluding hydrogens is 641 g/mol. The van der Waals surface area contributed by atoms with E-state index in [0.29, 0.717) is 37.4 Å². The number of carbonyl (C=O) groups is 2. The Bertz CT molecular complexity index is 1650. The van der Waals surface area contributed by atoms with E-state index in [0.717, 1.165) is 12.1 Å². The van der Waals surface area contributed by atoms with E-state index in [2.05, 4.69) is 15.3 Å². The van der Waals surface area contributed by atoms with Gasteiger partial charge in [-0.3, -0.25) is 4.90 Å². The highest BCUT2D eigenvalue weighted by Crippen LogP contribution is 2.41. The summed E-state index contributed by atoms with van der Waals surface area (Å²) in [6.07, 6.45) is -6.19. The second-order valence-corrected chi connectivity index (χ2v) is 13.8. The number of nitrogens with zero attached hydrogens (tertiary/aromatic N) is 6. The van der Waals surface area contributed by atoms with Crippen molar-refractivity contribution in [1.82, 2.24) is 24.8 Å². The highest BCUT2D eigenvalue weighted by atomic mass is 35.5. The van der Waals surface area contributed by atoms with Crippen molar-refractivity contribution < 1.29 is 32.2 Å². The largest absolute Gasteiger partial charge is 0.457 e. The molecule has 12 nitrogen and oxygen atoms in total. The summed E-state index contributed by atoms with van der Waals surface area (Å²) in [6.45, 7) is 11.9. The van der Waals surface area contributed by atoms with Gasteiger partial charge in [0.25, 0.3) is 0 Å². The lowest BCUT2D eigenvalue weighted by Gasteiger charge is -2.36. The van der Waals surface area contributed by atoms with Gasteiger partial charge in [0.2, 0.25) is 5.95 Å². The number of benzene rings is 1. The second kappa shape index (κ2) is 13.2. The number of halogens is 4. The van der Waals surface area contributed by atoms with Crippen molar-refractivity contribution in [1.29, 1.82) is 0 Å². The number of anilines is 3. The summed E-state index contributed by atoms with van der Waals surface area (Å²) in [5.74, 6) is -0.303. The van der Waals surface area contributed by atoms with Crippen molar-refractivity contribution in [3.8, 4) is 11.3 Å². The number of rotatable bonds is 6. The van der Waals surface area contributed by atoms with Crippen molar-refractivity contribution in [3.63, 3.8) is 0 Å². The number of ether oxygens (including phenoxy) is 2. The van der Waals surface area contributed by atoms with Crippen molar-refractivity contribution >= 4 is 52.2 Å². The number of hydrogen-bond acceptors (Lipinski definition) is 11. The zero-order valence-electron chi connectivity index (χ0n) is 27.6. The molecule has 1 fully saturated rings. The van der Waals surface area contributed by atoms with E-state index in [-0.39, 0.29) is 27.9 Å². The average molecular weight is 681 g/mol. The third-order valence-electron chi connectivity index (χ3n) is 6.88. The van der Waals surface area contributed by atoms with Gasteiger partial charge in [-0.25, -0.2) is 19.6 Å². The summed E-state index contributed by atoms with van der Waals surface area (Å²) >= 11 is 6.64. The number of carbonyl (C=O) groups excluding carboxylic acids is 2. The standard InChI is InChI=1S/C31H40ClF3N8O4/c1-29(2,3)46-26(44)25(41(7)8)40-27-37-21-16-17(23-19(31(33,34)35)9-10-22(36)38-23)20(32)15-18(21)24(39-27)42-11-13-43(14-12-42)28(45)47-30(4,5)6/h9-10,15-16,25H,11-14H2,1-8H3,(H2,36,38)(H,37,39,40). The number of nitrogen functional groups attached to an aromatic ring is 1. The number of piperazine rings is 1. The molecular formula is C31H40ClF3N8O4. The normalized spacial score (nSPS) is 15.2. The van der Waals surface area contributed by atoms with Crippen molar-refractivity contribution in [3.05, 3.63) is 34.9 Å². The average Bonchev–Trinajstić information content (AvgIpc) is 2.92. The summed E-state index contributed by atoms with van der Waals surface area (Å²) in [5, 5.41) is 3.42. The summed E-state index contributed by atoms with van der Waals surface area (Å²) < 4.78 is 53.2. The smallest absolute Gasteiger partial charge is 0.418 e. The van der Waals surface area contributed by atoms with Gasteiger partial charge in [-0.2, -0.15) is 18.2 Å². The third-order valence-corrected chi connectivity index (χ3v) is 7.20. The Morgan fingerprint density at radius 2 is 1.57 bits per heavy atom. The number of amides is 1. The van der Waals surface area contributed by atoms with Gasteiger partial charge in [0.05, 0.1) is 21.8 Å². The predicted octanol–water partition coefficient (Wildman–Crippen LogP) is 5.64. The maximum atomic E-state index is 14.0. The van der Waals surface area contributed by atoms with Crippen molar-refractivity contribution in [2.45, 2.75) is 65.1 Å². The molecule has 3 N–H and O–H groups in total. The molecule has 1 saturated heterocycles. The first kappa shape index (κ1) is 35.7. The first-order valence-electron chi connectivity index (χ1n) is 14.9. The number of pyridine rings is 1. The topological polar surface area (TPSA) is 139 Å². The molecule has 47 heavy (non-hydrogen) atoms. The van der Waals surface area contributed by atoms with Crippen LogP contribution in [0.25, 0.3) is 22.2 Å². The fraction of sp³-hybridized carbons (Fsp3) is 0.516. The molecule has 2 aromatic heterocycles. The minimum absolute atomic E-state index is 0.0106. The number of alkyl halides is 3. The molecule has 3 heterocycles. The van der Waals surface area contributed by atoms with Gasteiger partial charge >= 0.3 is 18.2 Å². The minimum Gasteiger partial charge on any atom is -0.457 e. The zero-order valence-corrected chi connectivity index (χ0v) is 28.4. The molecule has 1 amide bonds. The molecule has 1 aliphatic rings. The van der Waals surface area contributed by atoms with Crippen LogP contribution in [0.1, 0.15) is 47.1 Å². The molecule has 1 unspecified atom stereocenters. The van der Waals surface area contributed by atoms with E-state index in [9.17, 15) is 22.8 Å². The first-order valence-corrected chi connectivity index (χ1v) is 15.2. The van der Waals surface area contributed by atoms with Gasteiger partial charge in [-0.1, -0.05) is 11.6 Å². The number of aromatic nitrogens is 3. The monoisotopic (exact) mass is 680 g/mol. The number of likely N-dealkylation sites (N-methyl/N-ethyl adjacent to an activating group) is 1. The number of fused-ring (bicyclic) bond motifs is 1. The maximum absolute atomic E-state index is 14.0. The molecule has 0 bridgehead atoms. The summed E-state index contributed by atoms with van der Waals surface area (Å²) in [4.78, 5) is 44.2. The Hall–Kier alpha value is -4.11. The minimum atomic E-state index is -4.74. The van der Waals surface area contributed by atoms with Gasteiger partial charge in [0, 0.05) is 37.1 Å². The van der Waals surface area contributed by atoms with Crippen LogP contribution in [-0.4, -0.2) is 94.5 Å². The first-order chi connectivity index (χ1) is 21.6. The molecule has 0 aliphatic carbocycles. The zero-order chi connectivity index (χ0) is 35.1. The van der Waals surface area contributed by atoms with Gasteiger partial charge in [0.15, 0.2) is 6.17 Å². The number of nitrogens with one attached hydrogen (secondary N) is 1. The van der Waals surface area contributed by atoms with Gasteiger partial charge in [-0.05, 0) is 79.9 Å². The van der Waals surface area contributed by atoms with Crippen LogP contribution in [0.5, 0.6) is 0 Å². The van der Waals surface area contributed by atoms with Gasteiger partial charge in [0.1, 0.15) is 22.8 Å². The van der Waals surface area contributed by atoms with Crippen LogP contribution >= 0.6 is 11.6 Å². The van der Waals surface area contributed by atoms with E-state index in [1.807, 2.05) is 4.90 Å². The fourth-order valence-electron chi connectivity index (χ4n) is 4.83. The number of nitrogens with two attached hydrogens (primary N) is 1. The highest BCUT2D eigenvalue weighted by Gasteiger charge is 2.36. The SMILES string of the molecule is CN(C)C(Nc1nc(N2CCN(C(=O)OC(C)(C)C)CC2)c2cc(Cl)c(-c3nc(N)ccc3C(F)(F)F)cc2n1)C(=O)OC(C)(C)C. The van der Waals surface area contributed by atoms with E-state index in [4.69, 9.17) is 31.8 Å². The Labute approximate surface area is 276 Å². The highest BCUT2D eigenvalue weighted by molar-refractivity contribution is 6.34. The summed E-state index contributed by atoms with van der Waals surface area (Å²) in [7, 11) is 3.34. The van der Waals surface area contributed by atoms with Crippen molar-refractivity contribution in [2.24, 2.45) is 0 Å². The van der Waals surface area contributed by atoms with E-state index in [1.54, 1.807) is 65.4 Å². The van der Waals surface area contributed by atoms with Crippen LogP contribution in [0.3, 0.4) is 0 Å². The fourth-order valence-corrected chi connectivity index (χ4v) is 5.09. The summed E-state index contributed by atoms with van der Waals surface area (Å²) in [6, 6.07) is 4.79. The maximum Gasteiger partial charge on any atom is 0.418 e. The van der Waals surface area contributed by atoms with Crippen LogP contribution in [-0.2, 0) is 20.4 Å². The quantitative estimate of drug-likeness (QED) is 0.247. The molecule has 16 heteroatoms. The second-order valence-electron chi connectivity index (χ2n) is 13.3. The van der Waals surface area contributed by atoms with Crippen LogP contribution in [0, 0.1) is 0 Å². The lowest BCUT2D eigenvalue weighted by Crippen LogP contribution is -2.50. The molecule has 3 aromatic rings. The molecule has 0 saturated carbocycles. The van der Waals surface area contributed by atoms with Crippen LogP contribution in [0.15, 0.2) is 24.3 Å². The molecule has 0 radical (unpaired) electrons. The number of esters is 1. The molecule has 256 valence electrons. The Balaban J connectivity index is 1.83. The third kappa shape index (κ3) is 8.83. The Kier molecular flexibility index (Phi) is 10.0. The van der Waals surface area contributed by atoms with Crippen LogP contribution in [0.2, 0.25) is 5.02 Å². The molecule has 1 aromatic carbocycles. The van der Waals surface area contributed by atoms with Crippen molar-refractivity contribution in [2.75, 3.05) is 56.2 Å². The van der Waals surface area contributed by atoms with Crippen LogP contribution < -0.4 is 16.0 Å². The Morgan fingerprint density at radius 3 is 2.13 bits per heavy atom. The van der Waals surface area contributed by atoms with Crippen LogP contribution in [0.4, 0.5) is 35.5 Å². The summed E-state index contributed by atoms with van der Waals surface area (Å²) in [5.41, 5.74) is 3.07. The molecule has 1 aliphatic heterocycles. The van der Waals surface area contributed by atoms with Gasteiger partial charge < -0.3 is 30.3 Å². The lowest BCUT2D eigenvalue weighted by atomic mass is 10.0. The molecule has 1 atom stereocenters. The Morgan fingerprint density at radius 1 is 0.957 bits per heavy atom. The van der Waals surface area contributed by atoms with Gasteiger partial charge in [-0.15, -0.1) is 0 Å². The van der Waals surface area contributed by atoms with E-state index >= 15 is 0 Å². The molecule has 0 spiro atoms. The van der Waals surface area contributed by atoms with E-state index in [1.165, 1.54) is 12.1 Å². The molecule has 4 rings (SSSR count). The predicted molar refractivity (Wildman–Crippen MR) is 174 cm³/mol. The van der Waals surface area contributed by atoms with E-state index < -0.39 is 46.9 Å².